The molecule has 3 nitrogen and oxygen atoms in total. The van der Waals surface area contributed by atoms with Crippen molar-refractivity contribution < 1.29 is 19.1 Å². The fourth-order valence-corrected chi connectivity index (χ4v) is 1.77. The number of carboxylic acid groups (broad SMARTS) is 1. The van der Waals surface area contributed by atoms with Crippen molar-refractivity contribution in [3.8, 4) is 11.1 Å². The fourth-order valence-electron chi connectivity index (χ4n) is 1.77. The second kappa shape index (κ2) is 5.02. The summed E-state index contributed by atoms with van der Waals surface area (Å²) in [5.74, 6) is -2.12. The molecule has 96 valence electrons. The molecule has 2 rings (SSSR count). The lowest BCUT2D eigenvalue weighted by molar-refractivity contribution is 0.0691. The van der Waals surface area contributed by atoms with E-state index in [-0.39, 0.29) is 11.3 Å². The van der Waals surface area contributed by atoms with E-state index in [2.05, 4.69) is 0 Å². The molecule has 2 aromatic carbocycles. The Balaban J connectivity index is 2.39. The molecule has 0 aliphatic carbocycles. The average molecular weight is 258 g/mol. The first-order valence-corrected chi connectivity index (χ1v) is 5.63. The Bertz CT molecular complexity index is 645. The molecule has 0 unspecified atom stereocenters. The predicted molar refractivity (Wildman–Crippen MR) is 68.8 cm³/mol. The van der Waals surface area contributed by atoms with Crippen molar-refractivity contribution in [2.75, 3.05) is 0 Å². The van der Waals surface area contributed by atoms with Gasteiger partial charge in [0.1, 0.15) is 5.82 Å². The molecule has 0 aromatic heterocycles. The van der Waals surface area contributed by atoms with Gasteiger partial charge in [-0.2, -0.15) is 0 Å². The van der Waals surface area contributed by atoms with E-state index >= 15 is 0 Å². The van der Waals surface area contributed by atoms with Crippen LogP contribution >= 0.6 is 0 Å². The molecule has 0 bridgehead atoms. The average Bonchev–Trinajstić information content (AvgIpc) is 2.38. The van der Waals surface area contributed by atoms with Crippen LogP contribution in [0.1, 0.15) is 27.6 Å². The summed E-state index contributed by atoms with van der Waals surface area (Å²) in [6.07, 6.45) is 0. The van der Waals surface area contributed by atoms with Crippen LogP contribution in [-0.4, -0.2) is 16.9 Å². The summed E-state index contributed by atoms with van der Waals surface area (Å²) in [5, 5.41) is 8.75. The Hall–Kier alpha value is -2.49. The first-order chi connectivity index (χ1) is 8.99. The molecule has 4 heteroatoms. The van der Waals surface area contributed by atoms with E-state index in [1.54, 1.807) is 24.3 Å². The van der Waals surface area contributed by atoms with Crippen molar-refractivity contribution in [1.29, 1.82) is 0 Å². The van der Waals surface area contributed by atoms with Crippen LogP contribution in [0.2, 0.25) is 0 Å². The number of rotatable bonds is 3. The van der Waals surface area contributed by atoms with Gasteiger partial charge in [0.15, 0.2) is 5.78 Å². The summed E-state index contributed by atoms with van der Waals surface area (Å²) in [4.78, 5) is 21.9. The first kappa shape index (κ1) is 13.0. The summed E-state index contributed by atoms with van der Waals surface area (Å²) in [6.45, 7) is 1.47. The normalized spacial score (nSPS) is 10.2. The molecule has 19 heavy (non-hydrogen) atoms. The minimum Gasteiger partial charge on any atom is -0.478 e. The number of halogens is 1. The number of Topliss-reactive ketones (excluding diaryl/α,β-unsaturated/α-hetero) is 1. The molecule has 0 fully saturated rings. The van der Waals surface area contributed by atoms with Gasteiger partial charge in [0.2, 0.25) is 0 Å². The number of benzene rings is 2. The third-order valence-electron chi connectivity index (χ3n) is 2.82. The fraction of sp³-hybridized carbons (Fsp3) is 0.0667. The van der Waals surface area contributed by atoms with Crippen LogP contribution in [0.15, 0.2) is 42.5 Å². The lowest BCUT2D eigenvalue weighted by Gasteiger charge is -2.04. The molecule has 0 saturated carbocycles. The largest absolute Gasteiger partial charge is 0.478 e. The second-order valence-corrected chi connectivity index (χ2v) is 4.13. The zero-order chi connectivity index (χ0) is 14.0. The van der Waals surface area contributed by atoms with Crippen LogP contribution in [0.4, 0.5) is 4.39 Å². The van der Waals surface area contributed by atoms with Crippen molar-refractivity contribution in [3.63, 3.8) is 0 Å². The number of ketones is 1. The van der Waals surface area contributed by atoms with E-state index in [1.807, 2.05) is 0 Å². The van der Waals surface area contributed by atoms with Crippen LogP contribution in [0.3, 0.4) is 0 Å². The highest BCUT2D eigenvalue weighted by Crippen LogP contribution is 2.22. The molecule has 0 radical (unpaired) electrons. The Morgan fingerprint density at radius 3 is 2.05 bits per heavy atom. The van der Waals surface area contributed by atoms with Crippen molar-refractivity contribution in [1.82, 2.24) is 0 Å². The number of aromatic carboxylic acids is 1. The minimum atomic E-state index is -1.30. The SMILES string of the molecule is CC(=O)c1ccc(-c2ccc(C(=O)O)c(F)c2)cc1. The van der Waals surface area contributed by atoms with Gasteiger partial charge >= 0.3 is 5.97 Å². The lowest BCUT2D eigenvalue weighted by atomic mass is 10.0. The number of carbonyl (C=O) groups is 2. The van der Waals surface area contributed by atoms with Crippen molar-refractivity contribution in [2.24, 2.45) is 0 Å². The molecule has 0 atom stereocenters. The highest BCUT2D eigenvalue weighted by Gasteiger charge is 2.11. The second-order valence-electron chi connectivity index (χ2n) is 4.13. The van der Waals surface area contributed by atoms with E-state index in [0.29, 0.717) is 11.1 Å². The molecule has 0 spiro atoms. The van der Waals surface area contributed by atoms with Gasteiger partial charge in [-0.05, 0) is 30.2 Å². The summed E-state index contributed by atoms with van der Waals surface area (Å²) in [5.41, 5.74) is 1.51. The summed E-state index contributed by atoms with van der Waals surface area (Å²) < 4.78 is 13.6. The molecular formula is C15H11FO3. The van der Waals surface area contributed by atoms with E-state index in [4.69, 9.17) is 5.11 Å². The van der Waals surface area contributed by atoms with Crippen LogP contribution in [-0.2, 0) is 0 Å². The van der Waals surface area contributed by atoms with Crippen LogP contribution in [0.5, 0.6) is 0 Å². The maximum Gasteiger partial charge on any atom is 0.338 e. The third-order valence-corrected chi connectivity index (χ3v) is 2.82. The van der Waals surface area contributed by atoms with Gasteiger partial charge < -0.3 is 5.11 Å². The predicted octanol–water partition coefficient (Wildman–Crippen LogP) is 3.39. The van der Waals surface area contributed by atoms with Gasteiger partial charge in [-0.1, -0.05) is 30.3 Å². The Morgan fingerprint density at radius 1 is 1.00 bits per heavy atom. The van der Waals surface area contributed by atoms with Gasteiger partial charge in [-0.25, -0.2) is 9.18 Å². The monoisotopic (exact) mass is 258 g/mol. The van der Waals surface area contributed by atoms with Gasteiger partial charge in [0, 0.05) is 5.56 Å². The Labute approximate surface area is 109 Å². The minimum absolute atomic E-state index is 0.0426. The lowest BCUT2D eigenvalue weighted by Crippen LogP contribution is -2.00. The number of carboxylic acids is 1. The first-order valence-electron chi connectivity index (χ1n) is 5.63. The van der Waals surface area contributed by atoms with E-state index in [9.17, 15) is 14.0 Å². The van der Waals surface area contributed by atoms with Crippen molar-refractivity contribution >= 4 is 11.8 Å². The van der Waals surface area contributed by atoms with Crippen LogP contribution in [0, 0.1) is 5.82 Å². The standard InChI is InChI=1S/C15H11FO3/c1-9(17)10-2-4-11(5-3-10)12-6-7-13(15(18)19)14(16)8-12/h2-8H,1H3,(H,18,19). The molecule has 1 N–H and O–H groups in total. The van der Waals surface area contributed by atoms with Gasteiger partial charge in [-0.15, -0.1) is 0 Å². The van der Waals surface area contributed by atoms with E-state index in [0.717, 1.165) is 5.56 Å². The molecule has 0 amide bonds. The maximum absolute atomic E-state index is 13.6. The molecule has 0 saturated heterocycles. The number of hydrogen-bond acceptors (Lipinski definition) is 2. The molecule has 0 heterocycles. The van der Waals surface area contributed by atoms with Gasteiger partial charge in [-0.3, -0.25) is 4.79 Å². The van der Waals surface area contributed by atoms with Crippen molar-refractivity contribution in [3.05, 3.63) is 59.4 Å². The topological polar surface area (TPSA) is 54.4 Å². The zero-order valence-electron chi connectivity index (χ0n) is 10.2. The van der Waals surface area contributed by atoms with E-state index < -0.39 is 11.8 Å². The quantitative estimate of drug-likeness (QED) is 0.858. The summed E-state index contributed by atoms with van der Waals surface area (Å²) in [6, 6.07) is 10.6. The van der Waals surface area contributed by atoms with E-state index in [1.165, 1.54) is 25.1 Å². The summed E-state index contributed by atoms with van der Waals surface area (Å²) in [7, 11) is 0. The van der Waals surface area contributed by atoms with Gasteiger partial charge in [0.25, 0.3) is 0 Å². The smallest absolute Gasteiger partial charge is 0.338 e. The highest BCUT2D eigenvalue weighted by molar-refractivity contribution is 5.94. The number of carbonyl (C=O) groups excluding carboxylic acids is 1. The Morgan fingerprint density at radius 2 is 1.58 bits per heavy atom. The molecule has 2 aromatic rings. The molecular weight excluding hydrogens is 247 g/mol. The van der Waals surface area contributed by atoms with Gasteiger partial charge in [0.05, 0.1) is 5.56 Å². The van der Waals surface area contributed by atoms with Crippen molar-refractivity contribution in [2.45, 2.75) is 6.92 Å². The highest BCUT2D eigenvalue weighted by atomic mass is 19.1. The molecule has 0 aliphatic heterocycles. The summed E-state index contributed by atoms with van der Waals surface area (Å²) >= 11 is 0. The van der Waals surface area contributed by atoms with Crippen LogP contribution in [0.25, 0.3) is 11.1 Å². The Kier molecular flexibility index (Phi) is 3.42. The molecule has 0 aliphatic rings. The third kappa shape index (κ3) is 2.68. The number of hydrogen-bond donors (Lipinski definition) is 1. The maximum atomic E-state index is 13.6. The zero-order valence-corrected chi connectivity index (χ0v) is 10.2. The van der Waals surface area contributed by atoms with Crippen LogP contribution < -0.4 is 0 Å².